The van der Waals surface area contributed by atoms with Gasteiger partial charge in [0.1, 0.15) is 11.5 Å². The predicted octanol–water partition coefficient (Wildman–Crippen LogP) is 2.67. The third-order valence-electron chi connectivity index (χ3n) is 3.42. The van der Waals surface area contributed by atoms with Crippen molar-refractivity contribution in [1.82, 2.24) is 14.0 Å². The van der Waals surface area contributed by atoms with Crippen LogP contribution in [0.5, 0.6) is 0 Å². The molecule has 3 rings (SSSR count). The highest BCUT2D eigenvalue weighted by atomic mass is 35.5. The summed E-state index contributed by atoms with van der Waals surface area (Å²) in [6.45, 7) is 0. The number of alkyl halides is 3. The van der Waals surface area contributed by atoms with Crippen LogP contribution in [-0.2, 0) is 16.2 Å². The van der Waals surface area contributed by atoms with Gasteiger partial charge in [-0.1, -0.05) is 11.6 Å². The second kappa shape index (κ2) is 6.23. The summed E-state index contributed by atoms with van der Waals surface area (Å²) in [6, 6.07) is 1.91. The molecule has 0 spiro atoms. The fourth-order valence-electron chi connectivity index (χ4n) is 2.43. The van der Waals surface area contributed by atoms with Crippen LogP contribution in [0.4, 0.5) is 23.2 Å². The third-order valence-corrected chi connectivity index (χ3v) is 4.33. The second-order valence-corrected chi connectivity index (χ2v) is 7.61. The Morgan fingerprint density at radius 1 is 1.22 bits per heavy atom. The van der Waals surface area contributed by atoms with Crippen molar-refractivity contribution in [3.05, 3.63) is 57.5 Å². The van der Waals surface area contributed by atoms with Crippen molar-refractivity contribution < 1.29 is 26.0 Å². The molecule has 3 aromatic rings. The Labute approximate surface area is 153 Å². The molecular weight excluding hydrogens is 416 g/mol. The van der Waals surface area contributed by atoms with E-state index in [0.717, 1.165) is 30.8 Å². The van der Waals surface area contributed by atoms with E-state index >= 15 is 0 Å². The standard InChI is InChI=1S/C14H9ClF4N4O3S/c1-27(25,26)21-9-5-10(8(16)4-7(9)15)23-12(24)6-11(14(17,18)19)22-3-2-20-13(22)23/h2-6,21H,1H3. The van der Waals surface area contributed by atoms with Crippen LogP contribution >= 0.6 is 11.6 Å². The van der Waals surface area contributed by atoms with Gasteiger partial charge in [0.15, 0.2) is 0 Å². The number of nitrogens with one attached hydrogen (secondary N) is 1. The van der Waals surface area contributed by atoms with Crippen molar-refractivity contribution in [3.63, 3.8) is 0 Å². The van der Waals surface area contributed by atoms with E-state index in [1.165, 1.54) is 0 Å². The highest BCUT2D eigenvalue weighted by Gasteiger charge is 2.35. The quantitative estimate of drug-likeness (QED) is 0.655. The number of aromatic nitrogens is 3. The zero-order valence-corrected chi connectivity index (χ0v) is 14.8. The van der Waals surface area contributed by atoms with Crippen LogP contribution < -0.4 is 10.3 Å². The molecule has 1 N–H and O–H groups in total. The van der Waals surface area contributed by atoms with E-state index in [-0.39, 0.29) is 16.8 Å². The van der Waals surface area contributed by atoms with Gasteiger partial charge in [0.25, 0.3) is 5.56 Å². The molecule has 0 amide bonds. The second-order valence-electron chi connectivity index (χ2n) is 5.46. The number of anilines is 1. The molecule has 0 fully saturated rings. The first kappa shape index (κ1) is 19.2. The minimum atomic E-state index is -4.85. The van der Waals surface area contributed by atoms with Gasteiger partial charge in [0.2, 0.25) is 15.8 Å². The number of benzene rings is 1. The van der Waals surface area contributed by atoms with Crippen LogP contribution in [0.1, 0.15) is 5.69 Å². The van der Waals surface area contributed by atoms with Gasteiger partial charge in [0, 0.05) is 18.5 Å². The normalized spacial score (nSPS) is 12.5. The molecule has 7 nitrogen and oxygen atoms in total. The number of halogens is 5. The van der Waals surface area contributed by atoms with Crippen LogP contribution in [-0.4, -0.2) is 28.6 Å². The molecule has 0 saturated carbocycles. The predicted molar refractivity (Wildman–Crippen MR) is 89.2 cm³/mol. The number of nitrogens with zero attached hydrogens (tertiary/aromatic N) is 3. The Bertz CT molecular complexity index is 1220. The summed E-state index contributed by atoms with van der Waals surface area (Å²) in [5.74, 6) is -1.58. The van der Waals surface area contributed by atoms with E-state index in [1.54, 1.807) is 0 Å². The molecule has 0 radical (unpaired) electrons. The highest BCUT2D eigenvalue weighted by molar-refractivity contribution is 7.92. The summed E-state index contributed by atoms with van der Waals surface area (Å²) >= 11 is 5.79. The van der Waals surface area contributed by atoms with Gasteiger partial charge in [-0.05, 0) is 12.1 Å². The van der Waals surface area contributed by atoms with Crippen LogP contribution in [0.25, 0.3) is 11.5 Å². The van der Waals surface area contributed by atoms with E-state index in [1.807, 2.05) is 4.72 Å². The van der Waals surface area contributed by atoms with Crippen molar-refractivity contribution in [2.24, 2.45) is 0 Å². The smallest absolute Gasteiger partial charge is 0.282 e. The number of imidazole rings is 1. The van der Waals surface area contributed by atoms with Crippen LogP contribution in [0.2, 0.25) is 5.02 Å². The lowest BCUT2D eigenvalue weighted by Crippen LogP contribution is -2.26. The first-order valence-corrected chi connectivity index (χ1v) is 9.29. The number of rotatable bonds is 3. The number of hydrogen-bond acceptors (Lipinski definition) is 4. The fourth-order valence-corrected chi connectivity index (χ4v) is 3.25. The molecule has 0 bridgehead atoms. The lowest BCUT2D eigenvalue weighted by Gasteiger charge is -2.15. The Kier molecular flexibility index (Phi) is 4.43. The van der Waals surface area contributed by atoms with Crippen LogP contribution in [0.3, 0.4) is 0 Å². The summed E-state index contributed by atoms with van der Waals surface area (Å²) in [7, 11) is -3.79. The van der Waals surface area contributed by atoms with Crippen molar-refractivity contribution in [1.29, 1.82) is 0 Å². The summed E-state index contributed by atoms with van der Waals surface area (Å²) in [5.41, 5.74) is -3.29. The molecule has 27 heavy (non-hydrogen) atoms. The van der Waals surface area contributed by atoms with Crippen LogP contribution in [0.15, 0.2) is 35.4 Å². The van der Waals surface area contributed by atoms with E-state index < -0.39 is 44.7 Å². The van der Waals surface area contributed by atoms with Crippen molar-refractivity contribution in [3.8, 4) is 5.69 Å². The minimum Gasteiger partial charge on any atom is -0.282 e. The fraction of sp³-hybridized carbons (Fsp3) is 0.143. The van der Waals surface area contributed by atoms with Gasteiger partial charge in [-0.2, -0.15) is 13.2 Å². The van der Waals surface area contributed by atoms with Gasteiger partial charge in [-0.25, -0.2) is 22.4 Å². The van der Waals surface area contributed by atoms with Crippen molar-refractivity contribution in [2.45, 2.75) is 6.18 Å². The molecule has 0 aliphatic carbocycles. The maximum atomic E-state index is 14.4. The number of hydrogen-bond donors (Lipinski definition) is 1. The molecule has 2 aromatic heterocycles. The average molecular weight is 425 g/mol. The molecule has 1 aromatic carbocycles. The van der Waals surface area contributed by atoms with Crippen molar-refractivity contribution >= 4 is 33.1 Å². The monoisotopic (exact) mass is 424 g/mol. The number of fused-ring (bicyclic) bond motifs is 1. The number of sulfonamides is 1. The maximum absolute atomic E-state index is 14.4. The largest absolute Gasteiger partial charge is 0.432 e. The van der Waals surface area contributed by atoms with Gasteiger partial charge >= 0.3 is 6.18 Å². The van der Waals surface area contributed by atoms with Crippen LogP contribution in [0, 0.1) is 5.82 Å². The van der Waals surface area contributed by atoms with Gasteiger partial charge in [0.05, 0.1) is 22.7 Å². The summed E-state index contributed by atoms with van der Waals surface area (Å²) in [6.07, 6.45) is -2.07. The van der Waals surface area contributed by atoms with Gasteiger partial charge < -0.3 is 0 Å². The molecule has 2 heterocycles. The van der Waals surface area contributed by atoms with E-state index in [2.05, 4.69) is 4.98 Å². The molecule has 13 heteroatoms. The van der Waals surface area contributed by atoms with E-state index in [4.69, 9.17) is 11.6 Å². The molecular formula is C14H9ClF4N4O3S. The lowest BCUT2D eigenvalue weighted by molar-refractivity contribution is -0.142. The molecule has 0 unspecified atom stereocenters. The minimum absolute atomic E-state index is 0.257. The Hall–Kier alpha value is -2.60. The third kappa shape index (κ3) is 3.62. The Balaban J connectivity index is 2.34. The molecule has 0 atom stereocenters. The maximum Gasteiger partial charge on any atom is 0.432 e. The Morgan fingerprint density at radius 2 is 1.89 bits per heavy atom. The highest BCUT2D eigenvalue weighted by Crippen LogP contribution is 2.31. The average Bonchev–Trinajstić information content (AvgIpc) is 2.96. The summed E-state index contributed by atoms with van der Waals surface area (Å²) in [5, 5.41) is -0.305. The van der Waals surface area contributed by atoms with Crippen molar-refractivity contribution in [2.75, 3.05) is 11.0 Å². The van der Waals surface area contributed by atoms with E-state index in [0.29, 0.717) is 8.97 Å². The molecule has 0 aliphatic rings. The van der Waals surface area contributed by atoms with Gasteiger partial charge in [-0.3, -0.25) is 13.9 Å². The molecule has 0 saturated heterocycles. The SMILES string of the molecule is CS(=O)(=O)Nc1cc(-n2c(=O)cc(C(F)(F)F)n3ccnc23)c(F)cc1Cl. The van der Waals surface area contributed by atoms with E-state index in [9.17, 15) is 30.8 Å². The summed E-state index contributed by atoms with van der Waals surface area (Å²) < 4.78 is 79.8. The van der Waals surface area contributed by atoms with Gasteiger partial charge in [-0.15, -0.1) is 0 Å². The zero-order chi connectivity index (χ0) is 20.1. The molecule has 0 aliphatic heterocycles. The topological polar surface area (TPSA) is 85.5 Å². The first-order valence-electron chi connectivity index (χ1n) is 7.02. The molecule has 144 valence electrons. The first-order chi connectivity index (χ1) is 12.4. The summed E-state index contributed by atoms with van der Waals surface area (Å²) in [4.78, 5) is 16.0. The zero-order valence-electron chi connectivity index (χ0n) is 13.3. The lowest BCUT2D eigenvalue weighted by atomic mass is 10.2. The Morgan fingerprint density at radius 3 is 2.48 bits per heavy atom.